The number of nitro groups is 1. The molecule has 0 radical (unpaired) electrons. The van der Waals surface area contributed by atoms with Gasteiger partial charge in [-0.05, 0) is 11.6 Å². The van der Waals surface area contributed by atoms with Crippen LogP contribution < -0.4 is 0 Å². The predicted octanol–water partition coefficient (Wildman–Crippen LogP) is 2.50. The summed E-state index contributed by atoms with van der Waals surface area (Å²) in [7, 11) is 1.89. The zero-order valence-electron chi connectivity index (χ0n) is 10.6. The third-order valence-corrected chi connectivity index (χ3v) is 4.07. The van der Waals surface area contributed by atoms with Crippen LogP contribution in [0.2, 0.25) is 0 Å². The third-order valence-electron chi connectivity index (χ3n) is 2.99. The molecule has 0 unspecified atom stereocenters. The van der Waals surface area contributed by atoms with Gasteiger partial charge in [-0.25, -0.2) is 0 Å². The summed E-state index contributed by atoms with van der Waals surface area (Å²) in [5, 5.41) is 20.4. The average Bonchev–Trinajstić information content (AvgIpc) is 3.02. The van der Waals surface area contributed by atoms with E-state index < -0.39 is 4.92 Å². The van der Waals surface area contributed by atoms with Crippen molar-refractivity contribution >= 4 is 28.4 Å². The highest BCUT2D eigenvalue weighted by Gasteiger charge is 2.11. The maximum atomic E-state index is 10.7. The molecule has 0 aliphatic heterocycles. The van der Waals surface area contributed by atoms with Crippen molar-refractivity contribution in [2.75, 3.05) is 0 Å². The largest absolute Gasteiger partial charge is 0.361 e. The second-order valence-corrected chi connectivity index (χ2v) is 5.26. The number of nitro benzene ring substituents is 1. The van der Waals surface area contributed by atoms with Gasteiger partial charge in [-0.3, -0.25) is 10.1 Å². The van der Waals surface area contributed by atoms with Gasteiger partial charge in [0.25, 0.3) is 5.69 Å². The van der Waals surface area contributed by atoms with Crippen LogP contribution in [-0.4, -0.2) is 24.7 Å². The van der Waals surface area contributed by atoms with E-state index in [0.717, 1.165) is 27.4 Å². The molecule has 8 heteroatoms. The standard InChI is InChI=1S/C12H11N5O2S/c1-16-7-14-15-12(16)20-6-8-5-13-11-4-9(17(18)19)2-3-10(8)11/h2-5,7,13H,6H2,1H3. The fraction of sp³-hybridized carbons (Fsp3) is 0.167. The molecule has 20 heavy (non-hydrogen) atoms. The molecule has 0 aliphatic carbocycles. The SMILES string of the molecule is Cn1cnnc1SCc1c[nH]c2cc([N+](=O)[O-])ccc12. The Morgan fingerprint density at radius 1 is 1.50 bits per heavy atom. The van der Waals surface area contributed by atoms with Crippen LogP contribution in [0.15, 0.2) is 35.9 Å². The van der Waals surface area contributed by atoms with E-state index in [9.17, 15) is 10.1 Å². The Bertz CT molecular complexity index is 779. The third kappa shape index (κ3) is 2.25. The molecule has 2 aromatic heterocycles. The van der Waals surface area contributed by atoms with Crippen LogP contribution >= 0.6 is 11.8 Å². The molecular formula is C12H11N5O2S. The van der Waals surface area contributed by atoms with Gasteiger partial charge in [-0.2, -0.15) is 0 Å². The van der Waals surface area contributed by atoms with Crippen LogP contribution in [0.5, 0.6) is 0 Å². The van der Waals surface area contributed by atoms with E-state index in [-0.39, 0.29) is 5.69 Å². The van der Waals surface area contributed by atoms with E-state index in [2.05, 4.69) is 15.2 Å². The van der Waals surface area contributed by atoms with Crippen LogP contribution in [0.1, 0.15) is 5.56 Å². The van der Waals surface area contributed by atoms with E-state index in [1.807, 2.05) is 17.8 Å². The van der Waals surface area contributed by atoms with Crippen LogP contribution in [0, 0.1) is 10.1 Å². The monoisotopic (exact) mass is 289 g/mol. The lowest BCUT2D eigenvalue weighted by Gasteiger charge is -1.99. The molecule has 2 heterocycles. The lowest BCUT2D eigenvalue weighted by molar-refractivity contribution is -0.384. The van der Waals surface area contributed by atoms with Gasteiger partial charge in [0.05, 0.1) is 10.4 Å². The summed E-state index contributed by atoms with van der Waals surface area (Å²) >= 11 is 1.57. The molecule has 0 atom stereocenters. The molecular weight excluding hydrogens is 278 g/mol. The summed E-state index contributed by atoms with van der Waals surface area (Å²) in [6, 6.07) is 4.84. The number of nitrogens with one attached hydrogen (secondary N) is 1. The summed E-state index contributed by atoms with van der Waals surface area (Å²) in [5.41, 5.74) is 1.95. The molecule has 7 nitrogen and oxygen atoms in total. The molecule has 0 amide bonds. The number of H-pyrrole nitrogens is 1. The highest BCUT2D eigenvalue weighted by atomic mass is 32.2. The van der Waals surface area contributed by atoms with Crippen molar-refractivity contribution in [3.05, 3.63) is 46.4 Å². The number of nitrogens with zero attached hydrogens (tertiary/aromatic N) is 4. The number of rotatable bonds is 4. The van der Waals surface area contributed by atoms with Gasteiger partial charge in [0.1, 0.15) is 6.33 Å². The fourth-order valence-electron chi connectivity index (χ4n) is 1.95. The first-order valence-electron chi connectivity index (χ1n) is 5.86. The van der Waals surface area contributed by atoms with Gasteiger partial charge in [0, 0.05) is 36.5 Å². The summed E-state index contributed by atoms with van der Waals surface area (Å²) in [4.78, 5) is 13.4. The van der Waals surface area contributed by atoms with Crippen LogP contribution in [0.3, 0.4) is 0 Å². The Hall–Kier alpha value is -2.35. The molecule has 3 rings (SSSR count). The number of non-ortho nitro benzene ring substituents is 1. The van der Waals surface area contributed by atoms with E-state index in [1.54, 1.807) is 30.2 Å². The first-order chi connectivity index (χ1) is 9.65. The molecule has 0 saturated heterocycles. The lowest BCUT2D eigenvalue weighted by atomic mass is 10.2. The van der Waals surface area contributed by atoms with Gasteiger partial charge >= 0.3 is 0 Å². The van der Waals surface area contributed by atoms with Crippen LogP contribution in [0.4, 0.5) is 5.69 Å². The number of hydrogen-bond acceptors (Lipinski definition) is 5. The van der Waals surface area contributed by atoms with Crippen molar-refractivity contribution in [1.82, 2.24) is 19.7 Å². The van der Waals surface area contributed by atoms with Crippen molar-refractivity contribution in [3.63, 3.8) is 0 Å². The Kier molecular flexibility index (Phi) is 3.15. The average molecular weight is 289 g/mol. The Morgan fingerprint density at radius 3 is 3.05 bits per heavy atom. The molecule has 3 aromatic rings. The van der Waals surface area contributed by atoms with Crippen molar-refractivity contribution in [2.45, 2.75) is 10.9 Å². The van der Waals surface area contributed by atoms with Crippen LogP contribution in [0.25, 0.3) is 10.9 Å². The highest BCUT2D eigenvalue weighted by molar-refractivity contribution is 7.98. The Balaban J connectivity index is 1.85. The van der Waals surface area contributed by atoms with Crippen LogP contribution in [-0.2, 0) is 12.8 Å². The van der Waals surface area contributed by atoms with Gasteiger partial charge in [0.2, 0.25) is 0 Å². The zero-order valence-corrected chi connectivity index (χ0v) is 11.4. The molecule has 1 N–H and O–H groups in total. The fourth-order valence-corrected chi connectivity index (χ4v) is 2.83. The van der Waals surface area contributed by atoms with Gasteiger partial charge in [-0.15, -0.1) is 10.2 Å². The summed E-state index contributed by atoms with van der Waals surface area (Å²) in [6.45, 7) is 0. The maximum Gasteiger partial charge on any atom is 0.271 e. The number of thioether (sulfide) groups is 1. The number of aryl methyl sites for hydroxylation is 1. The summed E-state index contributed by atoms with van der Waals surface area (Å²) in [5.74, 6) is 0.727. The van der Waals surface area contributed by atoms with Crippen molar-refractivity contribution in [2.24, 2.45) is 7.05 Å². The summed E-state index contributed by atoms with van der Waals surface area (Å²) in [6.07, 6.45) is 3.53. The smallest absolute Gasteiger partial charge is 0.271 e. The number of fused-ring (bicyclic) bond motifs is 1. The minimum absolute atomic E-state index is 0.0897. The number of hydrogen-bond donors (Lipinski definition) is 1. The molecule has 0 fully saturated rings. The van der Waals surface area contributed by atoms with Gasteiger partial charge < -0.3 is 9.55 Å². The lowest BCUT2D eigenvalue weighted by Crippen LogP contribution is -1.89. The van der Waals surface area contributed by atoms with E-state index in [4.69, 9.17) is 0 Å². The Labute approximate surface area is 118 Å². The minimum atomic E-state index is -0.395. The number of aromatic nitrogens is 4. The molecule has 102 valence electrons. The Morgan fingerprint density at radius 2 is 2.35 bits per heavy atom. The first kappa shape index (κ1) is 12.7. The molecule has 1 aromatic carbocycles. The predicted molar refractivity (Wildman–Crippen MR) is 75.5 cm³/mol. The second-order valence-electron chi connectivity index (χ2n) is 4.31. The molecule has 0 bridgehead atoms. The number of benzene rings is 1. The second kappa shape index (κ2) is 4.97. The topological polar surface area (TPSA) is 89.6 Å². The highest BCUT2D eigenvalue weighted by Crippen LogP contribution is 2.28. The zero-order chi connectivity index (χ0) is 14.1. The normalized spacial score (nSPS) is 11.1. The molecule has 0 spiro atoms. The van der Waals surface area contributed by atoms with Gasteiger partial charge in [0.15, 0.2) is 5.16 Å². The number of aromatic amines is 1. The maximum absolute atomic E-state index is 10.7. The van der Waals surface area contributed by atoms with E-state index in [0.29, 0.717) is 0 Å². The van der Waals surface area contributed by atoms with Crippen molar-refractivity contribution in [3.8, 4) is 0 Å². The molecule has 0 aliphatic rings. The summed E-state index contributed by atoms with van der Waals surface area (Å²) < 4.78 is 1.85. The van der Waals surface area contributed by atoms with Crippen molar-refractivity contribution < 1.29 is 4.92 Å². The van der Waals surface area contributed by atoms with Gasteiger partial charge in [-0.1, -0.05) is 11.8 Å². The van der Waals surface area contributed by atoms with Crippen molar-refractivity contribution in [1.29, 1.82) is 0 Å². The minimum Gasteiger partial charge on any atom is -0.361 e. The van der Waals surface area contributed by atoms with E-state index >= 15 is 0 Å². The van der Waals surface area contributed by atoms with E-state index in [1.165, 1.54) is 6.07 Å². The first-order valence-corrected chi connectivity index (χ1v) is 6.85. The quantitative estimate of drug-likeness (QED) is 0.453. The molecule has 0 saturated carbocycles.